The van der Waals surface area contributed by atoms with Gasteiger partial charge in [-0.15, -0.1) is 15.3 Å². The Hall–Kier alpha value is -2.33. The number of hydrogen-bond acceptors (Lipinski definition) is 9. The predicted molar refractivity (Wildman–Crippen MR) is 140 cm³/mol. The summed E-state index contributed by atoms with van der Waals surface area (Å²) in [5, 5.41) is 24.4. The summed E-state index contributed by atoms with van der Waals surface area (Å²) in [4.78, 5) is 17.5. The highest BCUT2D eigenvalue weighted by molar-refractivity contribution is 7.19. The zero-order chi connectivity index (χ0) is 24.5. The molecule has 2 aromatic rings. The van der Waals surface area contributed by atoms with Crippen LogP contribution in [0.15, 0.2) is 18.3 Å². The van der Waals surface area contributed by atoms with Crippen LogP contribution in [0.5, 0.6) is 0 Å². The van der Waals surface area contributed by atoms with Crippen LogP contribution in [-0.4, -0.2) is 69.5 Å². The molecule has 1 saturated heterocycles. The van der Waals surface area contributed by atoms with Crippen LogP contribution in [0.4, 0.5) is 16.1 Å². The third kappa shape index (κ3) is 6.09. The van der Waals surface area contributed by atoms with E-state index in [0.717, 1.165) is 55.8 Å². The van der Waals surface area contributed by atoms with Crippen molar-refractivity contribution >= 4 is 33.3 Å². The molecule has 0 radical (unpaired) electrons. The van der Waals surface area contributed by atoms with Crippen molar-refractivity contribution in [3.63, 3.8) is 0 Å². The molecule has 3 aliphatic rings. The largest absolute Gasteiger partial charge is 0.355 e. The van der Waals surface area contributed by atoms with Gasteiger partial charge in [0.05, 0.1) is 0 Å². The first kappa shape index (κ1) is 24.4. The van der Waals surface area contributed by atoms with Gasteiger partial charge in [0.25, 0.3) is 0 Å². The Morgan fingerprint density at radius 3 is 2.63 bits per heavy atom. The maximum absolute atomic E-state index is 12.9. The summed E-state index contributed by atoms with van der Waals surface area (Å²) < 4.78 is 0. The molecule has 0 bridgehead atoms. The lowest BCUT2D eigenvalue weighted by Gasteiger charge is -2.38. The molecule has 5 rings (SSSR count). The fraction of sp³-hybridized carbons (Fsp3) is 0.720. The molecule has 0 aromatic carbocycles. The van der Waals surface area contributed by atoms with Gasteiger partial charge in [-0.2, -0.15) is 5.10 Å². The second-order valence-corrected chi connectivity index (χ2v) is 12.5. The first-order chi connectivity index (χ1) is 16.8. The van der Waals surface area contributed by atoms with Crippen LogP contribution in [0.25, 0.3) is 0 Å². The molecule has 1 aliphatic heterocycles. The minimum Gasteiger partial charge on any atom is -0.355 e. The Morgan fingerprint density at radius 1 is 1.14 bits per heavy atom. The summed E-state index contributed by atoms with van der Waals surface area (Å²) in [6.07, 6.45) is 10.6. The molecule has 2 aromatic heterocycles. The van der Waals surface area contributed by atoms with E-state index in [1.54, 1.807) is 6.20 Å². The summed E-state index contributed by atoms with van der Waals surface area (Å²) in [7, 11) is 2.21. The summed E-state index contributed by atoms with van der Waals surface area (Å²) in [5.74, 6) is 1.69. The highest BCUT2D eigenvalue weighted by Gasteiger charge is 2.48. The first-order valence-corrected chi connectivity index (χ1v) is 13.8. The minimum absolute atomic E-state index is 0.0243. The van der Waals surface area contributed by atoms with Crippen molar-refractivity contribution in [2.45, 2.75) is 76.8 Å². The topological polar surface area (TPSA) is 99.2 Å². The zero-order valence-electron chi connectivity index (χ0n) is 21.2. The van der Waals surface area contributed by atoms with Gasteiger partial charge in [0.1, 0.15) is 0 Å². The van der Waals surface area contributed by atoms with Crippen molar-refractivity contribution in [1.82, 2.24) is 25.3 Å². The molecule has 3 fully saturated rings. The van der Waals surface area contributed by atoms with Crippen LogP contribution in [-0.2, 0) is 4.79 Å². The highest BCUT2D eigenvalue weighted by Crippen LogP contribution is 2.46. The fourth-order valence-corrected chi connectivity index (χ4v) is 6.31. The Balaban J connectivity index is 1.07. The summed E-state index contributed by atoms with van der Waals surface area (Å²) in [5.41, 5.74) is 0.520. The lowest BCUT2D eigenvalue weighted by Crippen LogP contribution is -2.41. The second kappa shape index (κ2) is 9.97. The number of aromatic nitrogens is 4. The van der Waals surface area contributed by atoms with Crippen LogP contribution in [0, 0.1) is 11.3 Å². The van der Waals surface area contributed by atoms with E-state index in [0.29, 0.717) is 17.0 Å². The monoisotopic (exact) mass is 498 g/mol. The number of carbonyl (C=O) groups excluding carboxylic acids is 1. The van der Waals surface area contributed by atoms with Gasteiger partial charge in [-0.25, -0.2) is 0 Å². The van der Waals surface area contributed by atoms with E-state index in [-0.39, 0.29) is 17.5 Å². The van der Waals surface area contributed by atoms with Gasteiger partial charge in [0.2, 0.25) is 16.2 Å². The standard InChI is InChI=1S/C25H38N8OS/c1-24(2)9-6-18(7-10-24)16-32(3)25(11-12-25)15-21(34)28-23-31-30-22(35-23)27-19-8-14-33(17-19)20-5-4-13-26-29-20/h4-5,13,18-19H,6-12,14-17H2,1-3H3,(H,27,30)(H,28,31,34)/t19-/m1/s1. The Kier molecular flexibility index (Phi) is 6.94. The van der Waals surface area contributed by atoms with Gasteiger partial charge >= 0.3 is 0 Å². The fourth-order valence-electron chi connectivity index (χ4n) is 5.58. The lowest BCUT2D eigenvalue weighted by molar-refractivity contribution is -0.117. The molecule has 2 saturated carbocycles. The Labute approximate surface area is 212 Å². The SMILES string of the molecule is CN(CC1CCC(C)(C)CC1)C1(CC(=O)Nc2nnc(N[C@@H]3CCN(c4cccnn4)C3)s2)CC1. The van der Waals surface area contributed by atoms with E-state index >= 15 is 0 Å². The number of amides is 1. The average molecular weight is 499 g/mol. The van der Waals surface area contributed by atoms with Gasteiger partial charge in [0, 0.05) is 43.8 Å². The van der Waals surface area contributed by atoms with E-state index in [2.05, 4.69) is 61.7 Å². The van der Waals surface area contributed by atoms with E-state index in [9.17, 15) is 4.79 Å². The van der Waals surface area contributed by atoms with E-state index in [1.807, 2.05) is 12.1 Å². The quantitative estimate of drug-likeness (QED) is 0.535. The molecule has 35 heavy (non-hydrogen) atoms. The normalized spacial score (nSPS) is 23.4. The predicted octanol–water partition coefficient (Wildman–Crippen LogP) is 4.03. The lowest BCUT2D eigenvalue weighted by atomic mass is 9.73. The molecule has 9 nitrogen and oxygen atoms in total. The second-order valence-electron chi connectivity index (χ2n) is 11.5. The van der Waals surface area contributed by atoms with Crippen molar-refractivity contribution < 1.29 is 4.79 Å². The van der Waals surface area contributed by atoms with Gasteiger partial charge < -0.3 is 15.5 Å². The third-order valence-electron chi connectivity index (χ3n) is 8.19. The van der Waals surface area contributed by atoms with Crippen molar-refractivity contribution in [1.29, 1.82) is 0 Å². The van der Waals surface area contributed by atoms with E-state index < -0.39 is 0 Å². The van der Waals surface area contributed by atoms with Crippen LogP contribution in [0.2, 0.25) is 0 Å². The molecule has 2 N–H and O–H groups in total. The maximum atomic E-state index is 12.9. The molecule has 1 amide bonds. The molecule has 10 heteroatoms. The van der Waals surface area contributed by atoms with Gasteiger partial charge in [-0.05, 0) is 75.5 Å². The van der Waals surface area contributed by atoms with Crippen molar-refractivity contribution in [2.24, 2.45) is 11.3 Å². The molecule has 2 aliphatic carbocycles. The molecular weight excluding hydrogens is 460 g/mol. The number of anilines is 3. The van der Waals surface area contributed by atoms with Crippen LogP contribution < -0.4 is 15.5 Å². The first-order valence-electron chi connectivity index (χ1n) is 12.9. The summed E-state index contributed by atoms with van der Waals surface area (Å²) >= 11 is 1.40. The van der Waals surface area contributed by atoms with Gasteiger partial charge in [0.15, 0.2) is 5.82 Å². The number of carbonyl (C=O) groups is 1. The highest BCUT2D eigenvalue weighted by atomic mass is 32.1. The van der Waals surface area contributed by atoms with Crippen LogP contribution in [0.1, 0.15) is 65.2 Å². The van der Waals surface area contributed by atoms with Gasteiger partial charge in [-0.1, -0.05) is 25.2 Å². The molecular formula is C25H38N8OS. The number of rotatable bonds is 9. The summed E-state index contributed by atoms with van der Waals surface area (Å²) in [6.45, 7) is 7.64. The van der Waals surface area contributed by atoms with E-state index in [1.165, 1.54) is 37.0 Å². The molecule has 3 heterocycles. The Morgan fingerprint density at radius 2 is 1.91 bits per heavy atom. The third-order valence-corrected chi connectivity index (χ3v) is 8.96. The number of nitrogens with one attached hydrogen (secondary N) is 2. The van der Waals surface area contributed by atoms with Crippen molar-refractivity contribution in [3.05, 3.63) is 18.3 Å². The smallest absolute Gasteiger partial charge is 0.228 e. The van der Waals surface area contributed by atoms with E-state index in [4.69, 9.17) is 0 Å². The molecule has 1 atom stereocenters. The minimum atomic E-state index is 0.0243. The molecule has 0 unspecified atom stereocenters. The number of nitrogens with zero attached hydrogens (tertiary/aromatic N) is 6. The van der Waals surface area contributed by atoms with Crippen LogP contribution >= 0.6 is 11.3 Å². The van der Waals surface area contributed by atoms with Crippen molar-refractivity contribution in [3.8, 4) is 0 Å². The Bertz CT molecular complexity index is 998. The molecule has 190 valence electrons. The van der Waals surface area contributed by atoms with Crippen molar-refractivity contribution in [2.75, 3.05) is 42.2 Å². The number of hydrogen-bond donors (Lipinski definition) is 2. The maximum Gasteiger partial charge on any atom is 0.228 e. The summed E-state index contributed by atoms with van der Waals surface area (Å²) in [6, 6.07) is 4.15. The van der Waals surface area contributed by atoms with Crippen LogP contribution in [0.3, 0.4) is 0 Å². The zero-order valence-corrected chi connectivity index (χ0v) is 22.0. The average Bonchev–Trinajstić information content (AvgIpc) is 3.24. The molecule has 0 spiro atoms. The van der Waals surface area contributed by atoms with Gasteiger partial charge in [-0.3, -0.25) is 9.69 Å².